The van der Waals surface area contributed by atoms with Crippen LogP contribution in [-0.2, 0) is 0 Å². The van der Waals surface area contributed by atoms with Gasteiger partial charge in [0.05, 0.1) is 12.2 Å². The molecule has 0 saturated heterocycles. The van der Waals surface area contributed by atoms with Gasteiger partial charge < -0.3 is 0 Å². The van der Waals surface area contributed by atoms with Gasteiger partial charge in [-0.3, -0.25) is 0 Å². The van der Waals surface area contributed by atoms with Crippen LogP contribution in [0, 0.1) is 11.8 Å². The number of hydrogen-bond donors (Lipinski definition) is 0. The van der Waals surface area contributed by atoms with E-state index in [4.69, 9.17) is 5.39 Å². The first kappa shape index (κ1) is 3.94. The van der Waals surface area contributed by atoms with Crippen LogP contribution in [0.2, 0.25) is 0 Å². The van der Waals surface area contributed by atoms with Crippen molar-refractivity contribution in [1.29, 1.82) is 5.39 Å². The van der Waals surface area contributed by atoms with Crippen LogP contribution < -0.4 is 0 Å². The topological polar surface area (TPSA) is 28.1 Å². The van der Waals surface area contributed by atoms with Crippen LogP contribution in [0.15, 0.2) is 23.9 Å². The maximum absolute atomic E-state index is 8.05. The summed E-state index contributed by atoms with van der Waals surface area (Å²) in [5.41, 5.74) is 0.611. The summed E-state index contributed by atoms with van der Waals surface area (Å²) in [6.07, 6.45) is 7.07. The average molecular weight is 92.1 g/mol. The summed E-state index contributed by atoms with van der Waals surface area (Å²) in [6, 6.07) is 0. The van der Waals surface area contributed by atoms with Crippen molar-refractivity contribution in [2.45, 2.75) is 0 Å². The summed E-state index contributed by atoms with van der Waals surface area (Å²) in [5, 5.41) is 8.05. The van der Waals surface area contributed by atoms with E-state index in [0.29, 0.717) is 5.70 Å². The Balaban J connectivity index is 2.67. The molecule has 0 N–H and O–H groups in total. The highest BCUT2D eigenvalue weighted by Gasteiger charge is 2.19. The molecule has 0 aromatic rings. The minimum Gasteiger partial charge on any atom is 0.0690 e. The van der Waals surface area contributed by atoms with Crippen molar-refractivity contribution in [2.24, 2.45) is 0 Å². The molecule has 0 aromatic carbocycles. The molecule has 7 heavy (non-hydrogen) atoms. The monoisotopic (exact) mass is 92.0 g/mol. The molecule has 1 aliphatic rings. The van der Waals surface area contributed by atoms with Crippen molar-refractivity contribution in [3.63, 3.8) is 0 Å². The SMILES string of the molecule is N#[N+]C1=CC=C[CH+]1. The van der Waals surface area contributed by atoms with Gasteiger partial charge in [-0.1, -0.05) is 0 Å². The van der Waals surface area contributed by atoms with Gasteiger partial charge in [-0.05, 0) is 0 Å². The average Bonchev–Trinajstić information content (AvgIpc) is 2.14. The molecular formula is C5H4N2+2. The second-order valence-corrected chi connectivity index (χ2v) is 1.24. The van der Waals surface area contributed by atoms with E-state index in [1.54, 1.807) is 12.5 Å². The molecule has 0 spiro atoms. The van der Waals surface area contributed by atoms with Crippen LogP contribution in [-0.4, -0.2) is 0 Å². The van der Waals surface area contributed by atoms with E-state index < -0.39 is 0 Å². The molecule has 0 saturated carbocycles. The van der Waals surface area contributed by atoms with Crippen LogP contribution in [0.4, 0.5) is 0 Å². The molecule has 2 nitrogen and oxygen atoms in total. The molecule has 0 aliphatic heterocycles. The summed E-state index contributed by atoms with van der Waals surface area (Å²) in [5.74, 6) is 0. The third-order valence-corrected chi connectivity index (χ3v) is 0.761. The summed E-state index contributed by atoms with van der Waals surface area (Å²) < 4.78 is 0. The van der Waals surface area contributed by atoms with Crippen LogP contribution in [0.3, 0.4) is 0 Å². The number of rotatable bonds is 0. The Hall–Kier alpha value is -1.23. The van der Waals surface area contributed by atoms with Crippen molar-refractivity contribution in [1.82, 2.24) is 0 Å². The van der Waals surface area contributed by atoms with E-state index in [1.165, 1.54) is 0 Å². The quantitative estimate of drug-likeness (QED) is 0.328. The van der Waals surface area contributed by atoms with Crippen molar-refractivity contribution in [3.05, 3.63) is 35.3 Å². The first-order chi connectivity index (χ1) is 3.43. The first-order valence-electron chi connectivity index (χ1n) is 2.00. The fraction of sp³-hybridized carbons (Fsp3) is 0. The lowest BCUT2D eigenvalue weighted by atomic mass is 10.4. The fourth-order valence-corrected chi connectivity index (χ4v) is 0.431. The number of diazo groups is 1. The standard InChI is InChI=1S/C5H4N2/c6-7-5-3-1-2-4-5/h1-4H/q+2. The van der Waals surface area contributed by atoms with Crippen molar-refractivity contribution in [2.75, 3.05) is 0 Å². The predicted molar refractivity (Wildman–Crippen MR) is 26.6 cm³/mol. The maximum atomic E-state index is 8.05. The Morgan fingerprint density at radius 1 is 1.71 bits per heavy atom. The van der Waals surface area contributed by atoms with E-state index in [-0.39, 0.29) is 0 Å². The van der Waals surface area contributed by atoms with Crippen LogP contribution in [0.5, 0.6) is 0 Å². The van der Waals surface area contributed by atoms with Gasteiger partial charge in [-0.2, -0.15) is 0 Å². The van der Waals surface area contributed by atoms with Gasteiger partial charge in [0.25, 0.3) is 0 Å². The lowest BCUT2D eigenvalue weighted by Crippen LogP contribution is -1.61. The molecule has 0 fully saturated rings. The van der Waals surface area contributed by atoms with Crippen LogP contribution >= 0.6 is 0 Å². The van der Waals surface area contributed by atoms with Crippen molar-refractivity contribution in [3.8, 4) is 0 Å². The molecular weight excluding hydrogens is 88.1 g/mol. The molecule has 0 bridgehead atoms. The second-order valence-electron chi connectivity index (χ2n) is 1.24. The van der Waals surface area contributed by atoms with Gasteiger partial charge in [0.1, 0.15) is 6.42 Å². The van der Waals surface area contributed by atoms with E-state index in [9.17, 15) is 0 Å². The molecule has 0 radical (unpaired) electrons. The van der Waals surface area contributed by atoms with E-state index >= 15 is 0 Å². The highest BCUT2D eigenvalue weighted by Crippen LogP contribution is 2.08. The zero-order valence-corrected chi connectivity index (χ0v) is 3.70. The highest BCUT2D eigenvalue weighted by atomic mass is 14.9. The second kappa shape index (κ2) is 1.48. The molecule has 2 heteroatoms. The summed E-state index contributed by atoms with van der Waals surface area (Å²) in [4.78, 5) is 2.93. The van der Waals surface area contributed by atoms with Gasteiger partial charge in [-0.15, -0.1) is 0 Å². The van der Waals surface area contributed by atoms with Crippen molar-refractivity contribution < 1.29 is 0 Å². The van der Waals surface area contributed by atoms with Gasteiger partial charge in [0.2, 0.25) is 10.4 Å². The lowest BCUT2D eigenvalue weighted by Gasteiger charge is -1.49. The third kappa shape index (κ3) is 0.606. The zero-order valence-electron chi connectivity index (χ0n) is 3.70. The summed E-state index contributed by atoms with van der Waals surface area (Å²) in [7, 11) is 0. The Kier molecular flexibility index (Phi) is 0.833. The Labute approximate surface area is 41.8 Å². The summed E-state index contributed by atoms with van der Waals surface area (Å²) >= 11 is 0. The smallest absolute Gasteiger partial charge is 0.0690 e. The lowest BCUT2D eigenvalue weighted by molar-refractivity contribution is 1.41. The van der Waals surface area contributed by atoms with Crippen LogP contribution in [0.25, 0.3) is 4.98 Å². The molecule has 0 unspecified atom stereocenters. The molecule has 32 valence electrons. The van der Waals surface area contributed by atoms with E-state index in [0.717, 1.165) is 0 Å². The molecule has 0 amide bonds. The predicted octanol–water partition coefficient (Wildman–Crippen LogP) is 1.50. The number of nitrogens with zero attached hydrogens (tertiary/aromatic N) is 2. The number of hydrogen-bond acceptors (Lipinski definition) is 1. The first-order valence-corrected chi connectivity index (χ1v) is 2.00. The molecule has 0 atom stereocenters. The number of allylic oxidation sites excluding steroid dienone is 3. The largest absolute Gasteiger partial charge is 0.497 e. The third-order valence-electron chi connectivity index (χ3n) is 0.761. The molecule has 1 aliphatic carbocycles. The molecule has 0 aromatic heterocycles. The van der Waals surface area contributed by atoms with Gasteiger partial charge >= 0.3 is 5.70 Å². The Bertz CT molecular complexity index is 159. The highest BCUT2D eigenvalue weighted by molar-refractivity contribution is 5.36. The van der Waals surface area contributed by atoms with Gasteiger partial charge in [0, 0.05) is 0 Å². The van der Waals surface area contributed by atoms with Crippen LogP contribution in [0.1, 0.15) is 0 Å². The Morgan fingerprint density at radius 3 is 2.86 bits per heavy atom. The molecule has 1 rings (SSSR count). The van der Waals surface area contributed by atoms with E-state index in [2.05, 4.69) is 4.98 Å². The maximum Gasteiger partial charge on any atom is 0.497 e. The van der Waals surface area contributed by atoms with Gasteiger partial charge in [-0.25, -0.2) is 0 Å². The Morgan fingerprint density at radius 2 is 2.57 bits per heavy atom. The van der Waals surface area contributed by atoms with E-state index in [1.807, 2.05) is 12.2 Å². The van der Waals surface area contributed by atoms with Crippen molar-refractivity contribution >= 4 is 0 Å². The minimum absolute atomic E-state index is 0.611. The fourth-order valence-electron chi connectivity index (χ4n) is 0.431. The normalized spacial score (nSPS) is 15.0. The van der Waals surface area contributed by atoms with Gasteiger partial charge in [0.15, 0.2) is 6.08 Å². The zero-order chi connectivity index (χ0) is 5.11. The summed E-state index contributed by atoms with van der Waals surface area (Å²) in [6.45, 7) is 0. The molecule has 0 heterocycles. The minimum atomic E-state index is 0.611.